The number of likely N-dealkylation sites (tertiary alicyclic amines) is 1. The second kappa shape index (κ2) is 7.79. The van der Waals surface area contributed by atoms with Crippen molar-refractivity contribution in [1.29, 1.82) is 0 Å². The van der Waals surface area contributed by atoms with Gasteiger partial charge in [0.15, 0.2) is 6.61 Å². The normalized spacial score (nSPS) is 15.3. The molecule has 5 nitrogen and oxygen atoms in total. The molecule has 0 radical (unpaired) electrons. The SMILES string of the molecule is O=C(COc1ccc(Cl)cc1Cl)N1CCC(c2nc3ccccc3[nH]2)CC1. The van der Waals surface area contributed by atoms with Gasteiger partial charge in [-0.25, -0.2) is 4.98 Å². The zero-order chi connectivity index (χ0) is 18.8. The topological polar surface area (TPSA) is 58.2 Å². The third-order valence-electron chi connectivity index (χ3n) is 4.89. The summed E-state index contributed by atoms with van der Waals surface area (Å²) >= 11 is 11.9. The number of H-pyrrole nitrogens is 1. The molecule has 1 N–H and O–H groups in total. The van der Waals surface area contributed by atoms with E-state index in [4.69, 9.17) is 27.9 Å². The average molecular weight is 404 g/mol. The predicted octanol–water partition coefficient (Wildman–Crippen LogP) is 4.65. The van der Waals surface area contributed by atoms with Crippen LogP contribution in [0.5, 0.6) is 5.75 Å². The molecule has 0 atom stereocenters. The molecule has 0 unspecified atom stereocenters. The molecular weight excluding hydrogens is 385 g/mol. The highest BCUT2D eigenvalue weighted by molar-refractivity contribution is 6.35. The van der Waals surface area contributed by atoms with Crippen LogP contribution in [0.25, 0.3) is 11.0 Å². The number of halogens is 2. The number of aromatic amines is 1. The number of piperidine rings is 1. The van der Waals surface area contributed by atoms with Gasteiger partial charge in [-0.1, -0.05) is 35.3 Å². The summed E-state index contributed by atoms with van der Waals surface area (Å²) in [6.07, 6.45) is 1.76. The van der Waals surface area contributed by atoms with Crippen LogP contribution in [0.2, 0.25) is 10.0 Å². The molecule has 1 fully saturated rings. The first kappa shape index (κ1) is 18.1. The lowest BCUT2D eigenvalue weighted by Crippen LogP contribution is -2.40. The van der Waals surface area contributed by atoms with Crippen molar-refractivity contribution in [1.82, 2.24) is 14.9 Å². The fourth-order valence-corrected chi connectivity index (χ4v) is 3.85. The fraction of sp³-hybridized carbons (Fsp3) is 0.300. The maximum Gasteiger partial charge on any atom is 0.260 e. The molecule has 0 bridgehead atoms. The van der Waals surface area contributed by atoms with E-state index in [0.29, 0.717) is 34.8 Å². The van der Waals surface area contributed by atoms with E-state index < -0.39 is 0 Å². The molecule has 0 aliphatic carbocycles. The average Bonchev–Trinajstić information content (AvgIpc) is 3.11. The van der Waals surface area contributed by atoms with Crippen molar-refractivity contribution in [3.8, 4) is 5.75 Å². The minimum absolute atomic E-state index is 0.0311. The molecule has 2 heterocycles. The summed E-state index contributed by atoms with van der Waals surface area (Å²) in [4.78, 5) is 22.4. The highest BCUT2D eigenvalue weighted by atomic mass is 35.5. The summed E-state index contributed by atoms with van der Waals surface area (Å²) in [5, 5.41) is 0.935. The Hall–Kier alpha value is -2.24. The zero-order valence-electron chi connectivity index (χ0n) is 14.6. The molecule has 1 aromatic heterocycles. The largest absolute Gasteiger partial charge is 0.482 e. The van der Waals surface area contributed by atoms with Crippen LogP contribution in [0.4, 0.5) is 0 Å². The summed E-state index contributed by atoms with van der Waals surface area (Å²) in [5.41, 5.74) is 2.04. The van der Waals surface area contributed by atoms with Gasteiger partial charge in [-0.15, -0.1) is 0 Å². The van der Waals surface area contributed by atoms with E-state index in [1.807, 2.05) is 29.2 Å². The van der Waals surface area contributed by atoms with E-state index in [1.54, 1.807) is 18.2 Å². The molecule has 2 aromatic carbocycles. The van der Waals surface area contributed by atoms with Gasteiger partial charge in [0.25, 0.3) is 5.91 Å². The number of hydrogen-bond donors (Lipinski definition) is 1. The number of carbonyl (C=O) groups is 1. The first-order valence-electron chi connectivity index (χ1n) is 8.90. The van der Waals surface area contributed by atoms with E-state index in [2.05, 4.69) is 9.97 Å². The Morgan fingerprint density at radius 2 is 1.96 bits per heavy atom. The highest BCUT2D eigenvalue weighted by Gasteiger charge is 2.26. The van der Waals surface area contributed by atoms with Gasteiger partial charge in [0.05, 0.1) is 16.1 Å². The molecule has 0 saturated carbocycles. The lowest BCUT2D eigenvalue weighted by Gasteiger charge is -2.31. The van der Waals surface area contributed by atoms with Gasteiger partial charge >= 0.3 is 0 Å². The van der Waals surface area contributed by atoms with Gasteiger partial charge < -0.3 is 14.6 Å². The standard InChI is InChI=1S/C20H19Cl2N3O2/c21-14-5-6-18(15(22)11-14)27-12-19(26)25-9-7-13(8-10-25)20-23-16-3-1-2-4-17(16)24-20/h1-6,11,13H,7-10,12H2,(H,23,24). The summed E-state index contributed by atoms with van der Waals surface area (Å²) in [5.74, 6) is 1.77. The smallest absolute Gasteiger partial charge is 0.260 e. The second-order valence-corrected chi connectivity index (χ2v) is 7.50. The molecule has 1 aliphatic heterocycles. The molecule has 3 aromatic rings. The molecule has 0 spiro atoms. The highest BCUT2D eigenvalue weighted by Crippen LogP contribution is 2.29. The van der Waals surface area contributed by atoms with Crippen LogP contribution in [0.1, 0.15) is 24.6 Å². The van der Waals surface area contributed by atoms with Crippen molar-refractivity contribution < 1.29 is 9.53 Å². The summed E-state index contributed by atoms with van der Waals surface area (Å²) < 4.78 is 5.56. The number of para-hydroxylation sites is 2. The lowest BCUT2D eigenvalue weighted by atomic mass is 9.96. The van der Waals surface area contributed by atoms with Crippen LogP contribution in [0.15, 0.2) is 42.5 Å². The second-order valence-electron chi connectivity index (χ2n) is 6.66. The van der Waals surface area contributed by atoms with Crippen LogP contribution in [-0.2, 0) is 4.79 Å². The van der Waals surface area contributed by atoms with Crippen molar-refractivity contribution in [2.24, 2.45) is 0 Å². The van der Waals surface area contributed by atoms with Crippen LogP contribution >= 0.6 is 23.2 Å². The van der Waals surface area contributed by atoms with Gasteiger partial charge in [-0.05, 0) is 43.2 Å². The van der Waals surface area contributed by atoms with E-state index in [-0.39, 0.29) is 12.5 Å². The van der Waals surface area contributed by atoms with E-state index in [1.165, 1.54) is 0 Å². The minimum atomic E-state index is -0.0379. The molecule has 1 saturated heterocycles. The number of hydrogen-bond acceptors (Lipinski definition) is 3. The van der Waals surface area contributed by atoms with Crippen molar-refractivity contribution in [2.75, 3.05) is 19.7 Å². The van der Waals surface area contributed by atoms with Gasteiger partial charge in [0, 0.05) is 24.0 Å². The van der Waals surface area contributed by atoms with Crippen molar-refractivity contribution >= 4 is 40.1 Å². The maximum absolute atomic E-state index is 12.4. The van der Waals surface area contributed by atoms with Gasteiger partial charge in [-0.2, -0.15) is 0 Å². The Bertz CT molecular complexity index is 932. The summed E-state index contributed by atoms with van der Waals surface area (Å²) in [7, 11) is 0. The van der Waals surface area contributed by atoms with Gasteiger partial charge in [0.2, 0.25) is 0 Å². The van der Waals surface area contributed by atoms with Crippen LogP contribution in [0, 0.1) is 0 Å². The lowest BCUT2D eigenvalue weighted by molar-refractivity contribution is -0.134. The van der Waals surface area contributed by atoms with Crippen LogP contribution < -0.4 is 4.74 Å². The van der Waals surface area contributed by atoms with E-state index in [9.17, 15) is 4.79 Å². The van der Waals surface area contributed by atoms with Crippen molar-refractivity contribution in [3.63, 3.8) is 0 Å². The Morgan fingerprint density at radius 1 is 1.19 bits per heavy atom. The number of fused-ring (bicyclic) bond motifs is 1. The molecule has 4 rings (SSSR count). The number of nitrogens with one attached hydrogen (secondary N) is 1. The first-order valence-corrected chi connectivity index (χ1v) is 9.66. The molecule has 140 valence electrons. The Balaban J connectivity index is 1.32. The van der Waals surface area contributed by atoms with Gasteiger partial charge in [0.1, 0.15) is 11.6 Å². The number of aromatic nitrogens is 2. The number of nitrogens with zero attached hydrogens (tertiary/aromatic N) is 2. The first-order chi connectivity index (χ1) is 13.1. The van der Waals surface area contributed by atoms with Crippen molar-refractivity contribution in [2.45, 2.75) is 18.8 Å². The van der Waals surface area contributed by atoms with Crippen molar-refractivity contribution in [3.05, 3.63) is 58.3 Å². The third-order valence-corrected chi connectivity index (χ3v) is 5.42. The number of ether oxygens (including phenoxy) is 1. The molecule has 27 heavy (non-hydrogen) atoms. The summed E-state index contributed by atoms with van der Waals surface area (Å²) in [6.45, 7) is 1.35. The molecule has 1 aliphatic rings. The fourth-order valence-electron chi connectivity index (χ4n) is 3.39. The van der Waals surface area contributed by atoms with Gasteiger partial charge in [-0.3, -0.25) is 4.79 Å². The third kappa shape index (κ3) is 4.04. The van der Waals surface area contributed by atoms with E-state index in [0.717, 1.165) is 29.7 Å². The molecule has 7 heteroatoms. The van der Waals surface area contributed by atoms with Crippen LogP contribution in [-0.4, -0.2) is 40.5 Å². The minimum Gasteiger partial charge on any atom is -0.482 e. The summed E-state index contributed by atoms with van der Waals surface area (Å²) in [6, 6.07) is 13.0. The van der Waals surface area contributed by atoms with E-state index >= 15 is 0 Å². The molecular formula is C20H19Cl2N3O2. The Kier molecular flexibility index (Phi) is 5.23. The van der Waals surface area contributed by atoms with Crippen LogP contribution in [0.3, 0.4) is 0 Å². The number of rotatable bonds is 4. The monoisotopic (exact) mass is 403 g/mol. The number of benzene rings is 2. The Labute approximate surface area is 167 Å². The zero-order valence-corrected chi connectivity index (χ0v) is 16.1. The maximum atomic E-state index is 12.4. The number of carbonyl (C=O) groups excluding carboxylic acids is 1. The number of imidazole rings is 1. The molecule has 1 amide bonds. The number of amides is 1. The quantitative estimate of drug-likeness (QED) is 0.689. The Morgan fingerprint density at radius 3 is 2.70 bits per heavy atom. The predicted molar refractivity (Wildman–Crippen MR) is 107 cm³/mol.